The van der Waals surface area contributed by atoms with Crippen molar-refractivity contribution in [3.63, 3.8) is 0 Å². The highest BCUT2D eigenvalue weighted by atomic mass is 19.4. The van der Waals surface area contributed by atoms with Crippen molar-refractivity contribution in [1.82, 2.24) is 24.9 Å². The molecule has 1 aromatic heterocycles. The third-order valence-corrected chi connectivity index (χ3v) is 6.04. The van der Waals surface area contributed by atoms with Crippen LogP contribution in [0.5, 0.6) is 0 Å². The van der Waals surface area contributed by atoms with E-state index in [4.69, 9.17) is 5.11 Å². The normalized spacial score (nSPS) is 14.3. The molecule has 1 aliphatic rings. The second-order valence-electron chi connectivity index (χ2n) is 8.86. The van der Waals surface area contributed by atoms with E-state index >= 15 is 0 Å². The molecule has 2 heterocycles. The van der Waals surface area contributed by atoms with Crippen LogP contribution in [0.4, 0.5) is 13.2 Å². The highest BCUT2D eigenvalue weighted by Gasteiger charge is 2.34. The van der Waals surface area contributed by atoms with Gasteiger partial charge in [0.1, 0.15) is 18.0 Å². The number of hydrogen-bond acceptors (Lipinski definition) is 6. The van der Waals surface area contributed by atoms with Gasteiger partial charge in [-0.25, -0.2) is 0 Å². The standard InChI is InChI=1S/C25H26F3N5O6/c1-14-8-19(31(3)30-14)24(39)32-11-18(22(37)15(2)23(38)29-9-21(35)36)20(12-32)33(13-34)10-16-4-6-17(7-5-16)25(26,27)28/h4-8,13,37H,9-12H2,1-3H3,(H,29,38)(H,35,36)/b22-15-. The Hall–Kier alpha value is -4.62. The van der Waals surface area contributed by atoms with Crippen LogP contribution in [0.15, 0.2) is 52.9 Å². The van der Waals surface area contributed by atoms with Crippen molar-refractivity contribution in [1.29, 1.82) is 0 Å². The highest BCUT2D eigenvalue weighted by molar-refractivity contribution is 5.96. The molecular formula is C25H26F3N5O6. The molecule has 0 unspecified atom stereocenters. The number of nitrogens with zero attached hydrogens (tertiary/aromatic N) is 4. The number of rotatable bonds is 9. The van der Waals surface area contributed by atoms with E-state index in [0.29, 0.717) is 17.7 Å². The summed E-state index contributed by atoms with van der Waals surface area (Å²) in [6.07, 6.45) is -4.13. The highest BCUT2D eigenvalue weighted by Crippen LogP contribution is 2.31. The van der Waals surface area contributed by atoms with E-state index in [1.807, 2.05) is 0 Å². The number of aromatic nitrogens is 2. The average Bonchev–Trinajstić information content (AvgIpc) is 3.47. The van der Waals surface area contributed by atoms with Gasteiger partial charge in [0.05, 0.1) is 36.5 Å². The van der Waals surface area contributed by atoms with Crippen molar-refractivity contribution in [2.45, 2.75) is 26.6 Å². The van der Waals surface area contributed by atoms with Gasteiger partial charge in [0.2, 0.25) is 6.41 Å². The summed E-state index contributed by atoms with van der Waals surface area (Å²) in [4.78, 5) is 51.0. The first-order valence-electron chi connectivity index (χ1n) is 11.5. The molecule has 3 rings (SSSR count). The fourth-order valence-corrected chi connectivity index (χ4v) is 4.02. The SMILES string of the molecule is C/C(C(=O)NCC(=O)O)=C(/O)C1=C(N(C=O)Cc2ccc(C(F)(F)F)cc2)CN(C(=O)c2cc(C)nn2C)C1. The van der Waals surface area contributed by atoms with Gasteiger partial charge in [-0.15, -0.1) is 0 Å². The van der Waals surface area contributed by atoms with Crippen molar-refractivity contribution in [3.05, 3.63) is 75.4 Å². The van der Waals surface area contributed by atoms with Gasteiger partial charge in [0.15, 0.2) is 0 Å². The second-order valence-corrected chi connectivity index (χ2v) is 8.86. The molecule has 0 aliphatic carbocycles. The topological polar surface area (TPSA) is 145 Å². The minimum atomic E-state index is -4.54. The maximum atomic E-state index is 13.3. The number of aliphatic hydroxyl groups is 1. The summed E-state index contributed by atoms with van der Waals surface area (Å²) >= 11 is 0. The lowest BCUT2D eigenvalue weighted by molar-refractivity contribution is -0.138. The largest absolute Gasteiger partial charge is 0.507 e. The molecule has 11 nitrogen and oxygen atoms in total. The van der Waals surface area contributed by atoms with Crippen LogP contribution in [-0.2, 0) is 34.2 Å². The fourth-order valence-electron chi connectivity index (χ4n) is 4.02. The second kappa shape index (κ2) is 11.4. The van der Waals surface area contributed by atoms with Gasteiger partial charge in [-0.3, -0.25) is 23.9 Å². The first-order chi connectivity index (χ1) is 18.2. The zero-order valence-corrected chi connectivity index (χ0v) is 21.2. The predicted octanol–water partition coefficient (Wildman–Crippen LogP) is 2.15. The van der Waals surface area contributed by atoms with Gasteiger partial charge >= 0.3 is 12.1 Å². The summed E-state index contributed by atoms with van der Waals surface area (Å²) < 4.78 is 40.2. The van der Waals surface area contributed by atoms with Crippen LogP contribution in [0.25, 0.3) is 0 Å². The van der Waals surface area contributed by atoms with Gasteiger partial charge < -0.3 is 25.3 Å². The number of carbonyl (C=O) groups excluding carboxylic acids is 3. The first-order valence-corrected chi connectivity index (χ1v) is 11.5. The Morgan fingerprint density at radius 2 is 1.79 bits per heavy atom. The molecule has 14 heteroatoms. The maximum Gasteiger partial charge on any atom is 0.416 e. The molecule has 0 radical (unpaired) electrons. The molecule has 0 fully saturated rings. The zero-order chi connectivity index (χ0) is 29.1. The molecule has 39 heavy (non-hydrogen) atoms. The molecule has 0 atom stereocenters. The van der Waals surface area contributed by atoms with Gasteiger partial charge in [0.25, 0.3) is 11.8 Å². The smallest absolute Gasteiger partial charge is 0.416 e. The van der Waals surface area contributed by atoms with Crippen molar-refractivity contribution in [2.75, 3.05) is 19.6 Å². The summed E-state index contributed by atoms with van der Waals surface area (Å²) in [7, 11) is 1.57. The van der Waals surface area contributed by atoms with Crippen LogP contribution >= 0.6 is 0 Å². The number of alkyl halides is 3. The summed E-state index contributed by atoms with van der Waals surface area (Å²) in [5.41, 5.74) is 0.218. The molecule has 2 aromatic rings. The Bertz CT molecular complexity index is 1360. The van der Waals surface area contributed by atoms with Crippen LogP contribution in [-0.4, -0.2) is 73.6 Å². The van der Waals surface area contributed by atoms with Crippen LogP contribution in [0.1, 0.15) is 34.2 Å². The Morgan fingerprint density at radius 3 is 2.31 bits per heavy atom. The van der Waals surface area contributed by atoms with E-state index in [2.05, 4.69) is 10.4 Å². The zero-order valence-electron chi connectivity index (χ0n) is 21.2. The van der Waals surface area contributed by atoms with Crippen LogP contribution < -0.4 is 5.32 Å². The van der Waals surface area contributed by atoms with Crippen molar-refractivity contribution >= 4 is 24.2 Å². The summed E-state index contributed by atoms with van der Waals surface area (Å²) in [5, 5.41) is 26.1. The van der Waals surface area contributed by atoms with Crippen LogP contribution in [0.2, 0.25) is 0 Å². The Kier molecular flexibility index (Phi) is 8.47. The molecule has 3 amide bonds. The van der Waals surface area contributed by atoms with Gasteiger partial charge in [-0.1, -0.05) is 12.1 Å². The van der Waals surface area contributed by atoms with Crippen molar-refractivity contribution in [3.8, 4) is 0 Å². The van der Waals surface area contributed by atoms with Gasteiger partial charge in [-0.05, 0) is 37.6 Å². The van der Waals surface area contributed by atoms with Crippen LogP contribution in [0, 0.1) is 6.92 Å². The van der Waals surface area contributed by atoms with Crippen molar-refractivity contribution < 1.29 is 42.6 Å². The Labute approximate surface area is 220 Å². The van der Waals surface area contributed by atoms with E-state index < -0.39 is 41.8 Å². The summed E-state index contributed by atoms with van der Waals surface area (Å²) in [6.45, 7) is 1.66. The van der Waals surface area contributed by atoms with E-state index in [-0.39, 0.29) is 42.2 Å². The molecule has 3 N–H and O–H groups in total. The molecule has 0 saturated carbocycles. The lowest BCUT2D eigenvalue weighted by Crippen LogP contribution is -2.33. The number of aryl methyl sites for hydroxylation is 2. The minimum absolute atomic E-state index is 0.0456. The Balaban J connectivity index is 1.98. The van der Waals surface area contributed by atoms with Crippen molar-refractivity contribution in [2.24, 2.45) is 7.05 Å². The molecular weight excluding hydrogens is 523 g/mol. The monoisotopic (exact) mass is 549 g/mol. The number of hydrogen-bond donors (Lipinski definition) is 3. The number of nitrogens with one attached hydrogen (secondary N) is 1. The number of carboxylic acid groups (broad SMARTS) is 1. The average molecular weight is 550 g/mol. The number of carboxylic acids is 1. The lowest BCUT2D eigenvalue weighted by Gasteiger charge is -2.22. The van der Waals surface area contributed by atoms with E-state index in [1.165, 1.54) is 28.6 Å². The number of amides is 3. The van der Waals surface area contributed by atoms with E-state index in [0.717, 1.165) is 17.0 Å². The number of benzene rings is 1. The number of carbonyl (C=O) groups is 4. The predicted molar refractivity (Wildman–Crippen MR) is 130 cm³/mol. The maximum absolute atomic E-state index is 13.3. The lowest BCUT2D eigenvalue weighted by atomic mass is 10.1. The molecule has 208 valence electrons. The molecule has 1 aliphatic heterocycles. The van der Waals surface area contributed by atoms with Crippen LogP contribution in [0.3, 0.4) is 0 Å². The van der Waals surface area contributed by atoms with E-state index in [1.54, 1.807) is 20.0 Å². The quantitative estimate of drug-likeness (QED) is 0.247. The number of aliphatic hydroxyl groups excluding tert-OH is 1. The first kappa shape index (κ1) is 28.9. The number of halogens is 3. The molecule has 0 spiro atoms. The third kappa shape index (κ3) is 6.64. The summed E-state index contributed by atoms with van der Waals surface area (Å²) in [5.74, 6) is -3.23. The third-order valence-electron chi connectivity index (χ3n) is 6.04. The fraction of sp³-hybridized carbons (Fsp3) is 0.320. The summed E-state index contributed by atoms with van der Waals surface area (Å²) in [6, 6.07) is 5.71. The molecule has 0 bridgehead atoms. The number of aliphatic carboxylic acids is 1. The minimum Gasteiger partial charge on any atom is -0.507 e. The Morgan fingerprint density at radius 1 is 1.15 bits per heavy atom. The van der Waals surface area contributed by atoms with Gasteiger partial charge in [0, 0.05) is 18.3 Å². The van der Waals surface area contributed by atoms with Gasteiger partial charge in [-0.2, -0.15) is 18.3 Å². The molecule has 1 aromatic carbocycles. The van der Waals surface area contributed by atoms with E-state index in [9.17, 15) is 37.5 Å². The molecule has 0 saturated heterocycles.